The van der Waals surface area contributed by atoms with E-state index in [0.29, 0.717) is 17.3 Å². The second kappa shape index (κ2) is 7.09. The number of nitrogens with zero attached hydrogens (tertiary/aromatic N) is 1. The topological polar surface area (TPSA) is 24.9 Å². The molecule has 1 aromatic rings. The van der Waals surface area contributed by atoms with Crippen molar-refractivity contribution in [1.82, 2.24) is 10.3 Å². The molecule has 0 spiro atoms. The number of hydrogen-bond donors (Lipinski definition) is 1. The van der Waals surface area contributed by atoms with Crippen molar-refractivity contribution in [3.63, 3.8) is 0 Å². The van der Waals surface area contributed by atoms with Crippen molar-refractivity contribution in [1.29, 1.82) is 0 Å². The summed E-state index contributed by atoms with van der Waals surface area (Å²) >= 11 is 0.752. The van der Waals surface area contributed by atoms with Gasteiger partial charge in [-0.05, 0) is 32.2 Å². The maximum Gasteiger partial charge on any atom is 0.443 e. The van der Waals surface area contributed by atoms with Gasteiger partial charge in [0.25, 0.3) is 0 Å². The van der Waals surface area contributed by atoms with E-state index >= 15 is 0 Å². The van der Waals surface area contributed by atoms with Gasteiger partial charge in [-0.2, -0.15) is 13.2 Å². The Morgan fingerprint density at radius 2 is 2.11 bits per heavy atom. The lowest BCUT2D eigenvalue weighted by molar-refractivity contribution is -0.137. The first-order valence-corrected chi connectivity index (χ1v) is 7.04. The molecule has 6 heteroatoms. The molecule has 1 rings (SSSR count). The molecule has 1 atom stereocenters. The van der Waals surface area contributed by atoms with Crippen LogP contribution >= 0.6 is 11.3 Å². The molecule has 2 nitrogen and oxygen atoms in total. The second-order valence-corrected chi connectivity index (χ2v) is 5.34. The minimum atomic E-state index is -4.31. The van der Waals surface area contributed by atoms with E-state index < -0.39 is 11.2 Å². The van der Waals surface area contributed by atoms with Crippen molar-refractivity contribution in [3.8, 4) is 0 Å². The van der Waals surface area contributed by atoms with Crippen molar-refractivity contribution in [2.45, 2.75) is 51.7 Å². The van der Waals surface area contributed by atoms with Crippen LogP contribution in [0.2, 0.25) is 0 Å². The van der Waals surface area contributed by atoms with E-state index in [4.69, 9.17) is 0 Å². The first-order chi connectivity index (χ1) is 8.47. The number of hydrogen-bond acceptors (Lipinski definition) is 3. The van der Waals surface area contributed by atoms with Crippen LogP contribution in [0, 0.1) is 0 Å². The van der Waals surface area contributed by atoms with Gasteiger partial charge in [0.2, 0.25) is 0 Å². The lowest BCUT2D eigenvalue weighted by Crippen LogP contribution is -2.29. The first kappa shape index (κ1) is 15.4. The molecule has 1 N–H and O–H groups in total. The Morgan fingerprint density at radius 3 is 2.61 bits per heavy atom. The Bertz CT molecular complexity index is 349. The number of aromatic nitrogens is 1. The summed E-state index contributed by atoms with van der Waals surface area (Å²) in [5, 5.41) is 2.64. The standard InChI is InChI=1S/C12H19F3N2S/c1-3-7-16-9(4-2)5-6-10-8-17-11(18-10)12(13,14)15/h8-9,16H,3-7H2,1-2H3. The van der Waals surface area contributed by atoms with Gasteiger partial charge < -0.3 is 5.32 Å². The predicted molar refractivity (Wildman–Crippen MR) is 67.8 cm³/mol. The SMILES string of the molecule is CCCNC(CC)CCc1cnc(C(F)(F)F)s1. The van der Waals surface area contributed by atoms with Crippen LogP contribution in [0.15, 0.2) is 6.20 Å². The summed E-state index contributed by atoms with van der Waals surface area (Å²) in [7, 11) is 0. The van der Waals surface area contributed by atoms with Crippen LogP contribution < -0.4 is 5.32 Å². The zero-order chi connectivity index (χ0) is 13.6. The third kappa shape index (κ3) is 4.94. The maximum atomic E-state index is 12.4. The van der Waals surface area contributed by atoms with Gasteiger partial charge in [0.1, 0.15) is 0 Å². The number of halogens is 3. The van der Waals surface area contributed by atoms with Gasteiger partial charge >= 0.3 is 6.18 Å². The molecule has 0 aliphatic rings. The summed E-state index contributed by atoms with van der Waals surface area (Å²) in [6.07, 6.45) is 0.604. The van der Waals surface area contributed by atoms with Crippen molar-refractivity contribution in [3.05, 3.63) is 16.1 Å². The molecule has 0 aromatic carbocycles. The van der Waals surface area contributed by atoms with E-state index in [0.717, 1.165) is 37.1 Å². The molecule has 0 aliphatic heterocycles. The van der Waals surface area contributed by atoms with E-state index in [1.54, 1.807) is 0 Å². The van der Waals surface area contributed by atoms with Gasteiger partial charge in [0.15, 0.2) is 5.01 Å². The Balaban J connectivity index is 2.45. The fourth-order valence-corrected chi connectivity index (χ4v) is 2.46. The van der Waals surface area contributed by atoms with Crippen LogP contribution in [-0.4, -0.2) is 17.6 Å². The van der Waals surface area contributed by atoms with Gasteiger partial charge in [-0.25, -0.2) is 4.98 Å². The highest BCUT2D eigenvalue weighted by atomic mass is 32.1. The third-order valence-electron chi connectivity index (χ3n) is 2.71. The van der Waals surface area contributed by atoms with E-state index in [-0.39, 0.29) is 0 Å². The summed E-state index contributed by atoms with van der Waals surface area (Å²) in [5.41, 5.74) is 0. The van der Waals surface area contributed by atoms with Crippen LogP contribution in [0.25, 0.3) is 0 Å². The fourth-order valence-electron chi connectivity index (χ4n) is 1.67. The van der Waals surface area contributed by atoms with Gasteiger partial charge in [-0.1, -0.05) is 13.8 Å². The zero-order valence-corrected chi connectivity index (χ0v) is 11.5. The Kier molecular flexibility index (Phi) is 6.08. The lowest BCUT2D eigenvalue weighted by Gasteiger charge is -2.15. The van der Waals surface area contributed by atoms with Crippen LogP contribution in [0.5, 0.6) is 0 Å². The Hall–Kier alpha value is -0.620. The molecule has 0 aliphatic carbocycles. The summed E-state index contributed by atoms with van der Waals surface area (Å²) in [5.74, 6) is 0. The number of aryl methyl sites for hydroxylation is 1. The van der Waals surface area contributed by atoms with Crippen LogP contribution in [0.4, 0.5) is 13.2 Å². The highest BCUT2D eigenvalue weighted by Gasteiger charge is 2.34. The lowest BCUT2D eigenvalue weighted by atomic mass is 10.1. The molecular weight excluding hydrogens is 261 g/mol. The largest absolute Gasteiger partial charge is 0.443 e. The Morgan fingerprint density at radius 1 is 1.39 bits per heavy atom. The summed E-state index contributed by atoms with van der Waals surface area (Å²) in [4.78, 5) is 4.13. The molecule has 104 valence electrons. The maximum absolute atomic E-state index is 12.4. The molecule has 0 saturated carbocycles. The highest BCUT2D eigenvalue weighted by Crippen LogP contribution is 2.32. The van der Waals surface area contributed by atoms with E-state index in [1.165, 1.54) is 6.20 Å². The monoisotopic (exact) mass is 280 g/mol. The number of nitrogens with one attached hydrogen (secondary N) is 1. The number of alkyl halides is 3. The van der Waals surface area contributed by atoms with Crippen LogP contribution in [-0.2, 0) is 12.6 Å². The molecule has 0 bridgehead atoms. The predicted octanol–water partition coefficient (Wildman–Crippen LogP) is 3.87. The molecule has 1 heterocycles. The Labute approximate surface area is 110 Å². The molecular formula is C12H19F3N2S. The summed E-state index contributed by atoms with van der Waals surface area (Å²) < 4.78 is 37.1. The molecule has 1 aromatic heterocycles. The van der Waals surface area contributed by atoms with E-state index in [1.807, 2.05) is 0 Å². The van der Waals surface area contributed by atoms with Crippen LogP contribution in [0.1, 0.15) is 43.0 Å². The van der Waals surface area contributed by atoms with Crippen molar-refractivity contribution in [2.24, 2.45) is 0 Å². The van der Waals surface area contributed by atoms with Crippen molar-refractivity contribution >= 4 is 11.3 Å². The minimum Gasteiger partial charge on any atom is -0.314 e. The molecule has 18 heavy (non-hydrogen) atoms. The molecule has 0 amide bonds. The van der Waals surface area contributed by atoms with Gasteiger partial charge in [-0.3, -0.25) is 0 Å². The smallest absolute Gasteiger partial charge is 0.314 e. The van der Waals surface area contributed by atoms with Gasteiger partial charge in [-0.15, -0.1) is 11.3 Å². The van der Waals surface area contributed by atoms with E-state index in [9.17, 15) is 13.2 Å². The number of rotatable bonds is 7. The highest BCUT2D eigenvalue weighted by molar-refractivity contribution is 7.11. The van der Waals surface area contributed by atoms with Gasteiger partial charge in [0, 0.05) is 17.1 Å². The molecule has 0 fully saturated rings. The summed E-state index contributed by atoms with van der Waals surface area (Å²) in [6, 6.07) is 0.376. The average Bonchev–Trinajstić information content (AvgIpc) is 2.78. The van der Waals surface area contributed by atoms with Crippen molar-refractivity contribution < 1.29 is 13.2 Å². The van der Waals surface area contributed by atoms with Gasteiger partial charge in [0.05, 0.1) is 0 Å². The molecule has 0 radical (unpaired) electrons. The quantitative estimate of drug-likeness (QED) is 0.820. The second-order valence-electron chi connectivity index (χ2n) is 4.23. The average molecular weight is 280 g/mol. The molecule has 0 saturated heterocycles. The fraction of sp³-hybridized carbons (Fsp3) is 0.750. The van der Waals surface area contributed by atoms with E-state index in [2.05, 4.69) is 24.1 Å². The number of thiazole rings is 1. The summed E-state index contributed by atoms with van der Waals surface area (Å²) in [6.45, 7) is 5.13. The van der Waals surface area contributed by atoms with Crippen LogP contribution in [0.3, 0.4) is 0 Å². The minimum absolute atomic E-state index is 0.376. The first-order valence-electron chi connectivity index (χ1n) is 6.22. The van der Waals surface area contributed by atoms with Crippen molar-refractivity contribution in [2.75, 3.05) is 6.54 Å². The zero-order valence-electron chi connectivity index (χ0n) is 10.7. The third-order valence-corrected chi connectivity index (χ3v) is 3.81. The molecule has 1 unspecified atom stereocenters. The normalized spacial score (nSPS) is 13.8.